The number of ether oxygens (including phenoxy) is 1. The summed E-state index contributed by atoms with van der Waals surface area (Å²) in [6, 6.07) is 0. The van der Waals surface area contributed by atoms with Crippen LogP contribution in [0.4, 0.5) is 0 Å². The van der Waals surface area contributed by atoms with E-state index >= 15 is 0 Å². The standard InChI is InChI=1S/C19H36O2/c1-18(2)12-11-13-19(3)14-17-21-16-10-8-6-4-5-7-9-15-20/h12,15,19H,4-11,13-14,16-17H2,1-3H3. The number of hydrogen-bond acceptors (Lipinski definition) is 2. The van der Waals surface area contributed by atoms with Gasteiger partial charge in [0.2, 0.25) is 0 Å². The van der Waals surface area contributed by atoms with Crippen molar-refractivity contribution in [2.75, 3.05) is 13.2 Å². The van der Waals surface area contributed by atoms with E-state index in [-0.39, 0.29) is 0 Å². The van der Waals surface area contributed by atoms with Gasteiger partial charge in [-0.15, -0.1) is 0 Å². The fraction of sp³-hybridized carbons (Fsp3) is 0.842. The van der Waals surface area contributed by atoms with Crippen LogP contribution in [-0.4, -0.2) is 19.5 Å². The van der Waals surface area contributed by atoms with Gasteiger partial charge < -0.3 is 9.53 Å². The first-order chi connectivity index (χ1) is 10.2. The van der Waals surface area contributed by atoms with E-state index in [0.29, 0.717) is 0 Å². The maximum absolute atomic E-state index is 10.2. The fourth-order valence-electron chi connectivity index (χ4n) is 2.33. The van der Waals surface area contributed by atoms with Gasteiger partial charge in [0.05, 0.1) is 0 Å². The van der Waals surface area contributed by atoms with E-state index in [1.54, 1.807) is 0 Å². The van der Waals surface area contributed by atoms with Gasteiger partial charge in [-0.1, -0.05) is 44.3 Å². The molecule has 0 aliphatic carbocycles. The number of rotatable bonds is 15. The minimum absolute atomic E-state index is 0.731. The fourth-order valence-corrected chi connectivity index (χ4v) is 2.33. The van der Waals surface area contributed by atoms with E-state index < -0.39 is 0 Å². The number of aldehydes is 1. The van der Waals surface area contributed by atoms with E-state index in [0.717, 1.165) is 38.3 Å². The summed E-state index contributed by atoms with van der Waals surface area (Å²) < 4.78 is 5.72. The number of carbonyl (C=O) groups excluding carboxylic acids is 1. The van der Waals surface area contributed by atoms with Gasteiger partial charge in [0, 0.05) is 19.6 Å². The molecule has 2 nitrogen and oxygen atoms in total. The number of allylic oxidation sites excluding steroid dienone is 2. The smallest absolute Gasteiger partial charge is 0.119 e. The van der Waals surface area contributed by atoms with E-state index in [1.165, 1.54) is 56.9 Å². The second-order valence-corrected chi connectivity index (χ2v) is 6.44. The average molecular weight is 296 g/mol. The summed E-state index contributed by atoms with van der Waals surface area (Å²) in [4.78, 5) is 10.2. The lowest BCUT2D eigenvalue weighted by Crippen LogP contribution is -2.03. The summed E-state index contributed by atoms with van der Waals surface area (Å²) >= 11 is 0. The Labute approximate surface area is 132 Å². The molecule has 124 valence electrons. The number of carbonyl (C=O) groups is 1. The van der Waals surface area contributed by atoms with E-state index in [9.17, 15) is 4.79 Å². The molecular formula is C19H36O2. The van der Waals surface area contributed by atoms with Gasteiger partial charge in [0.15, 0.2) is 0 Å². The quantitative estimate of drug-likeness (QED) is 0.220. The second kappa shape index (κ2) is 15.8. The van der Waals surface area contributed by atoms with Gasteiger partial charge in [-0.3, -0.25) is 0 Å². The first kappa shape index (κ1) is 20.4. The molecule has 0 aromatic rings. The van der Waals surface area contributed by atoms with Crippen molar-refractivity contribution in [2.45, 2.75) is 85.0 Å². The second-order valence-electron chi connectivity index (χ2n) is 6.44. The summed E-state index contributed by atoms with van der Waals surface area (Å²) in [6.07, 6.45) is 15.0. The van der Waals surface area contributed by atoms with Crippen LogP contribution < -0.4 is 0 Å². The van der Waals surface area contributed by atoms with Gasteiger partial charge >= 0.3 is 0 Å². The van der Waals surface area contributed by atoms with Crippen molar-refractivity contribution in [3.63, 3.8) is 0 Å². The number of unbranched alkanes of at least 4 members (excludes halogenated alkanes) is 6. The molecular weight excluding hydrogens is 260 g/mol. The van der Waals surface area contributed by atoms with E-state index in [4.69, 9.17) is 4.74 Å². The van der Waals surface area contributed by atoms with E-state index in [1.807, 2.05) is 0 Å². The van der Waals surface area contributed by atoms with Crippen molar-refractivity contribution in [1.82, 2.24) is 0 Å². The Morgan fingerprint density at radius 3 is 2.24 bits per heavy atom. The van der Waals surface area contributed by atoms with Gasteiger partial charge in [0.25, 0.3) is 0 Å². The Bertz CT molecular complexity index is 254. The molecule has 0 aromatic carbocycles. The Kier molecular flexibility index (Phi) is 15.3. The maximum atomic E-state index is 10.2. The summed E-state index contributed by atoms with van der Waals surface area (Å²) in [6.45, 7) is 8.47. The molecule has 0 aromatic heterocycles. The molecule has 21 heavy (non-hydrogen) atoms. The molecule has 2 heteroatoms. The highest BCUT2D eigenvalue weighted by Gasteiger charge is 2.01. The largest absolute Gasteiger partial charge is 0.381 e. The van der Waals surface area contributed by atoms with Crippen LogP contribution in [0, 0.1) is 5.92 Å². The lowest BCUT2D eigenvalue weighted by Gasteiger charge is -2.10. The van der Waals surface area contributed by atoms with Crippen molar-refractivity contribution >= 4 is 6.29 Å². The first-order valence-electron chi connectivity index (χ1n) is 8.81. The van der Waals surface area contributed by atoms with Gasteiger partial charge in [-0.2, -0.15) is 0 Å². The molecule has 0 amide bonds. The highest BCUT2D eigenvalue weighted by molar-refractivity contribution is 5.48. The van der Waals surface area contributed by atoms with Crippen molar-refractivity contribution < 1.29 is 9.53 Å². The summed E-state index contributed by atoms with van der Waals surface area (Å²) in [7, 11) is 0. The van der Waals surface area contributed by atoms with Gasteiger partial charge in [-0.05, 0) is 51.9 Å². The Hall–Kier alpha value is -0.630. The first-order valence-corrected chi connectivity index (χ1v) is 8.81. The van der Waals surface area contributed by atoms with Crippen LogP contribution in [-0.2, 0) is 9.53 Å². The zero-order valence-corrected chi connectivity index (χ0v) is 14.5. The Morgan fingerprint density at radius 2 is 1.57 bits per heavy atom. The average Bonchev–Trinajstić information content (AvgIpc) is 2.44. The third-order valence-electron chi connectivity index (χ3n) is 3.83. The summed E-state index contributed by atoms with van der Waals surface area (Å²) in [5.74, 6) is 0.762. The normalized spacial score (nSPS) is 12.1. The molecule has 0 rings (SSSR count). The highest BCUT2D eigenvalue weighted by atomic mass is 16.5. The van der Waals surface area contributed by atoms with Crippen LogP contribution >= 0.6 is 0 Å². The SMILES string of the molecule is CC(C)=CCCC(C)CCOCCCCCCCCC=O. The molecule has 0 aliphatic heterocycles. The minimum atomic E-state index is 0.731. The minimum Gasteiger partial charge on any atom is -0.381 e. The summed E-state index contributed by atoms with van der Waals surface area (Å²) in [5.41, 5.74) is 1.42. The van der Waals surface area contributed by atoms with Gasteiger partial charge in [0.1, 0.15) is 6.29 Å². The molecule has 0 aliphatic rings. The highest BCUT2D eigenvalue weighted by Crippen LogP contribution is 2.12. The van der Waals surface area contributed by atoms with Crippen LogP contribution in [0.15, 0.2) is 11.6 Å². The van der Waals surface area contributed by atoms with Crippen LogP contribution in [0.2, 0.25) is 0 Å². The van der Waals surface area contributed by atoms with Crippen molar-refractivity contribution in [3.05, 3.63) is 11.6 Å². The van der Waals surface area contributed by atoms with Gasteiger partial charge in [-0.25, -0.2) is 0 Å². The van der Waals surface area contributed by atoms with Crippen LogP contribution in [0.5, 0.6) is 0 Å². The van der Waals surface area contributed by atoms with Crippen molar-refractivity contribution in [2.24, 2.45) is 5.92 Å². The predicted octanol–water partition coefficient (Wildman–Crippen LogP) is 5.71. The summed E-state index contributed by atoms with van der Waals surface area (Å²) in [5, 5.41) is 0. The molecule has 0 fully saturated rings. The maximum Gasteiger partial charge on any atom is 0.119 e. The number of hydrogen-bond donors (Lipinski definition) is 0. The van der Waals surface area contributed by atoms with Crippen LogP contribution in [0.3, 0.4) is 0 Å². The van der Waals surface area contributed by atoms with Crippen molar-refractivity contribution in [1.29, 1.82) is 0 Å². The molecule has 0 saturated carbocycles. The molecule has 1 atom stereocenters. The monoisotopic (exact) mass is 296 g/mol. The molecule has 0 radical (unpaired) electrons. The molecule has 0 saturated heterocycles. The van der Waals surface area contributed by atoms with Crippen LogP contribution in [0.1, 0.15) is 85.0 Å². The Morgan fingerprint density at radius 1 is 0.905 bits per heavy atom. The third kappa shape index (κ3) is 17.3. The topological polar surface area (TPSA) is 26.3 Å². The molecule has 0 bridgehead atoms. The zero-order chi connectivity index (χ0) is 15.8. The van der Waals surface area contributed by atoms with Crippen molar-refractivity contribution in [3.8, 4) is 0 Å². The zero-order valence-electron chi connectivity index (χ0n) is 14.5. The predicted molar refractivity (Wildman–Crippen MR) is 91.6 cm³/mol. The third-order valence-corrected chi connectivity index (χ3v) is 3.83. The lowest BCUT2D eigenvalue weighted by atomic mass is 10.0. The Balaban J connectivity index is 3.17. The molecule has 0 spiro atoms. The lowest BCUT2D eigenvalue weighted by molar-refractivity contribution is -0.107. The van der Waals surface area contributed by atoms with Crippen LogP contribution in [0.25, 0.3) is 0 Å². The van der Waals surface area contributed by atoms with E-state index in [2.05, 4.69) is 26.8 Å². The molecule has 0 heterocycles. The molecule has 1 unspecified atom stereocenters. The molecule has 0 N–H and O–H groups in total.